The molecule has 2 aromatic heterocycles. The lowest BCUT2D eigenvalue weighted by molar-refractivity contribution is 0.561. The molecule has 0 bridgehead atoms. The summed E-state index contributed by atoms with van der Waals surface area (Å²) in [7, 11) is 1.95. The minimum Gasteiger partial charge on any atom is -0.423 e. The normalized spacial score (nSPS) is 11.1. The van der Waals surface area contributed by atoms with Crippen LogP contribution < -0.4 is 10.5 Å². The topological polar surface area (TPSA) is 49.2 Å². The number of rotatable bonds is 2. The fourth-order valence-electron chi connectivity index (χ4n) is 2.76. The standard InChI is InChI=1S/C18H14N2O2/c1-20(13-6-7-15-12(10-13)8-9-19-15)16-11-18(21)22-17-5-3-2-4-14(16)17/h2-11,19H,1H3. The molecule has 0 aliphatic carbocycles. The smallest absolute Gasteiger partial charge is 0.338 e. The van der Waals surface area contributed by atoms with Gasteiger partial charge in [0.1, 0.15) is 5.58 Å². The summed E-state index contributed by atoms with van der Waals surface area (Å²) in [6.07, 6.45) is 1.92. The maximum Gasteiger partial charge on any atom is 0.338 e. The van der Waals surface area contributed by atoms with E-state index in [-0.39, 0.29) is 5.63 Å². The van der Waals surface area contributed by atoms with Crippen molar-refractivity contribution in [3.63, 3.8) is 0 Å². The summed E-state index contributed by atoms with van der Waals surface area (Å²) < 4.78 is 5.26. The highest BCUT2D eigenvalue weighted by atomic mass is 16.4. The van der Waals surface area contributed by atoms with Crippen LogP contribution in [0.4, 0.5) is 11.4 Å². The van der Waals surface area contributed by atoms with Gasteiger partial charge in [-0.1, -0.05) is 12.1 Å². The third-order valence-electron chi connectivity index (χ3n) is 3.91. The van der Waals surface area contributed by atoms with Gasteiger partial charge in [0.15, 0.2) is 0 Å². The number of para-hydroxylation sites is 1. The number of anilines is 2. The Labute approximate surface area is 126 Å². The second-order valence-corrected chi connectivity index (χ2v) is 5.26. The molecule has 0 fully saturated rings. The van der Waals surface area contributed by atoms with Gasteiger partial charge in [0.05, 0.1) is 5.69 Å². The minimum atomic E-state index is -0.344. The lowest BCUT2D eigenvalue weighted by Gasteiger charge is -2.20. The summed E-state index contributed by atoms with van der Waals surface area (Å²) in [4.78, 5) is 17.0. The summed E-state index contributed by atoms with van der Waals surface area (Å²) in [5, 5.41) is 2.05. The Bertz CT molecular complexity index is 1030. The molecule has 0 radical (unpaired) electrons. The average molecular weight is 290 g/mol. The monoisotopic (exact) mass is 290 g/mol. The van der Waals surface area contributed by atoms with E-state index >= 15 is 0 Å². The van der Waals surface area contributed by atoms with Crippen molar-refractivity contribution in [2.45, 2.75) is 0 Å². The van der Waals surface area contributed by atoms with Gasteiger partial charge in [-0.25, -0.2) is 4.79 Å². The van der Waals surface area contributed by atoms with Crippen LogP contribution >= 0.6 is 0 Å². The molecule has 4 nitrogen and oxygen atoms in total. The molecule has 108 valence electrons. The minimum absolute atomic E-state index is 0.344. The van der Waals surface area contributed by atoms with Crippen LogP contribution in [0.5, 0.6) is 0 Å². The molecule has 0 amide bonds. The van der Waals surface area contributed by atoms with Crippen molar-refractivity contribution in [2.24, 2.45) is 0 Å². The number of hydrogen-bond donors (Lipinski definition) is 1. The Morgan fingerprint density at radius 3 is 2.82 bits per heavy atom. The number of nitrogens with zero attached hydrogens (tertiary/aromatic N) is 1. The van der Waals surface area contributed by atoms with E-state index in [0.29, 0.717) is 5.58 Å². The molecule has 2 heterocycles. The highest BCUT2D eigenvalue weighted by molar-refractivity contribution is 5.93. The Balaban J connectivity index is 1.91. The first kappa shape index (κ1) is 12.7. The number of H-pyrrole nitrogens is 1. The quantitative estimate of drug-likeness (QED) is 0.567. The van der Waals surface area contributed by atoms with Gasteiger partial charge in [-0.05, 0) is 36.4 Å². The number of aromatic nitrogens is 1. The van der Waals surface area contributed by atoms with E-state index in [9.17, 15) is 4.79 Å². The lowest BCUT2D eigenvalue weighted by Crippen LogP contribution is -2.12. The fourth-order valence-corrected chi connectivity index (χ4v) is 2.76. The average Bonchev–Trinajstić information content (AvgIpc) is 3.00. The van der Waals surface area contributed by atoms with Gasteiger partial charge in [0.2, 0.25) is 0 Å². The highest BCUT2D eigenvalue weighted by Gasteiger charge is 2.11. The summed E-state index contributed by atoms with van der Waals surface area (Å²) >= 11 is 0. The Kier molecular flexibility index (Phi) is 2.76. The van der Waals surface area contributed by atoms with E-state index in [0.717, 1.165) is 27.7 Å². The van der Waals surface area contributed by atoms with Crippen LogP contribution in [-0.4, -0.2) is 12.0 Å². The summed E-state index contributed by atoms with van der Waals surface area (Å²) in [6, 6.07) is 17.3. The molecule has 4 rings (SSSR count). The van der Waals surface area contributed by atoms with E-state index in [1.54, 1.807) is 0 Å². The third-order valence-corrected chi connectivity index (χ3v) is 3.91. The van der Waals surface area contributed by atoms with Crippen molar-refractivity contribution in [1.82, 2.24) is 4.98 Å². The zero-order valence-electron chi connectivity index (χ0n) is 12.0. The van der Waals surface area contributed by atoms with Crippen molar-refractivity contribution in [3.05, 3.63) is 71.2 Å². The summed E-state index contributed by atoms with van der Waals surface area (Å²) in [5.41, 5.74) is 3.20. The number of benzene rings is 2. The molecule has 0 saturated carbocycles. The summed E-state index contributed by atoms with van der Waals surface area (Å²) in [5.74, 6) is 0. The van der Waals surface area contributed by atoms with Gasteiger partial charge in [0.25, 0.3) is 0 Å². The molecule has 0 spiro atoms. The van der Waals surface area contributed by atoms with Crippen molar-refractivity contribution >= 4 is 33.2 Å². The molecule has 2 aromatic carbocycles. The lowest BCUT2D eigenvalue weighted by atomic mass is 10.1. The second-order valence-electron chi connectivity index (χ2n) is 5.26. The van der Waals surface area contributed by atoms with Crippen LogP contribution in [0, 0.1) is 0 Å². The highest BCUT2D eigenvalue weighted by Crippen LogP contribution is 2.31. The van der Waals surface area contributed by atoms with E-state index in [1.807, 2.05) is 60.6 Å². The maximum absolute atomic E-state index is 11.8. The van der Waals surface area contributed by atoms with Crippen LogP contribution in [0.15, 0.2) is 70.0 Å². The van der Waals surface area contributed by atoms with Crippen LogP contribution in [0.25, 0.3) is 21.9 Å². The molecule has 0 atom stereocenters. The van der Waals surface area contributed by atoms with E-state index in [4.69, 9.17) is 4.42 Å². The van der Waals surface area contributed by atoms with Gasteiger partial charge in [0, 0.05) is 41.3 Å². The maximum atomic E-state index is 11.8. The molecule has 0 unspecified atom stereocenters. The molecular formula is C18H14N2O2. The van der Waals surface area contributed by atoms with Gasteiger partial charge in [-0.3, -0.25) is 0 Å². The van der Waals surface area contributed by atoms with Crippen LogP contribution in [0.1, 0.15) is 0 Å². The number of aromatic amines is 1. The van der Waals surface area contributed by atoms with Crippen molar-refractivity contribution in [2.75, 3.05) is 11.9 Å². The first-order chi connectivity index (χ1) is 10.7. The fraction of sp³-hybridized carbons (Fsp3) is 0.0556. The van der Waals surface area contributed by atoms with Crippen LogP contribution in [0.3, 0.4) is 0 Å². The molecule has 0 aliphatic heterocycles. The second kappa shape index (κ2) is 4.77. The van der Waals surface area contributed by atoms with E-state index in [2.05, 4.69) is 11.1 Å². The molecule has 1 N–H and O–H groups in total. The van der Waals surface area contributed by atoms with Crippen molar-refractivity contribution < 1.29 is 4.42 Å². The first-order valence-corrected chi connectivity index (χ1v) is 7.06. The van der Waals surface area contributed by atoms with Gasteiger partial charge < -0.3 is 14.3 Å². The van der Waals surface area contributed by atoms with Gasteiger partial charge >= 0.3 is 5.63 Å². The van der Waals surface area contributed by atoms with Crippen molar-refractivity contribution in [1.29, 1.82) is 0 Å². The molecule has 4 heteroatoms. The van der Waals surface area contributed by atoms with Crippen LogP contribution in [-0.2, 0) is 0 Å². The zero-order valence-corrected chi connectivity index (χ0v) is 12.0. The first-order valence-electron chi connectivity index (χ1n) is 7.06. The Hall–Kier alpha value is -3.01. The molecule has 4 aromatic rings. The molecule has 0 saturated heterocycles. The molecule has 22 heavy (non-hydrogen) atoms. The Morgan fingerprint density at radius 1 is 1.05 bits per heavy atom. The third kappa shape index (κ3) is 1.97. The number of nitrogens with one attached hydrogen (secondary N) is 1. The van der Waals surface area contributed by atoms with Crippen molar-refractivity contribution in [3.8, 4) is 0 Å². The molecular weight excluding hydrogens is 276 g/mol. The summed E-state index contributed by atoms with van der Waals surface area (Å²) in [6.45, 7) is 0. The Morgan fingerprint density at radius 2 is 1.91 bits per heavy atom. The zero-order chi connectivity index (χ0) is 15.1. The SMILES string of the molecule is CN(c1ccc2[nH]ccc2c1)c1cc(=O)oc2ccccc12. The molecule has 0 aliphatic rings. The number of hydrogen-bond acceptors (Lipinski definition) is 3. The van der Waals surface area contributed by atoms with E-state index in [1.165, 1.54) is 6.07 Å². The van der Waals surface area contributed by atoms with Gasteiger partial charge in [-0.2, -0.15) is 0 Å². The predicted molar refractivity (Wildman–Crippen MR) is 88.8 cm³/mol. The number of fused-ring (bicyclic) bond motifs is 2. The predicted octanol–water partition coefficient (Wildman–Crippen LogP) is 4.04. The van der Waals surface area contributed by atoms with Gasteiger partial charge in [-0.15, -0.1) is 0 Å². The van der Waals surface area contributed by atoms with Crippen LogP contribution in [0.2, 0.25) is 0 Å². The van der Waals surface area contributed by atoms with E-state index < -0.39 is 0 Å². The largest absolute Gasteiger partial charge is 0.423 e.